The number of fused-ring (bicyclic) bond motifs is 1. The molecule has 0 atom stereocenters. The molecule has 1 aromatic heterocycles. The third-order valence-corrected chi connectivity index (χ3v) is 3.85. The molecule has 0 aliphatic carbocycles. The summed E-state index contributed by atoms with van der Waals surface area (Å²) in [7, 11) is 2.00. The van der Waals surface area contributed by atoms with Gasteiger partial charge in [-0.25, -0.2) is 0 Å². The van der Waals surface area contributed by atoms with Gasteiger partial charge in [0.1, 0.15) is 0 Å². The first-order valence-corrected chi connectivity index (χ1v) is 7.11. The number of nitrogens with one attached hydrogen (secondary N) is 2. The van der Waals surface area contributed by atoms with Crippen LogP contribution in [0.2, 0.25) is 0 Å². The molecule has 2 N–H and O–H groups in total. The van der Waals surface area contributed by atoms with Crippen molar-refractivity contribution in [2.24, 2.45) is 0 Å². The van der Waals surface area contributed by atoms with Crippen LogP contribution in [0.1, 0.15) is 11.3 Å². The van der Waals surface area contributed by atoms with Crippen molar-refractivity contribution < 1.29 is 0 Å². The highest BCUT2D eigenvalue weighted by Crippen LogP contribution is 2.28. The van der Waals surface area contributed by atoms with Gasteiger partial charge in [0, 0.05) is 16.6 Å². The summed E-state index contributed by atoms with van der Waals surface area (Å²) in [5, 5.41) is 4.58. The Balaban J connectivity index is 2.09. The van der Waals surface area contributed by atoms with E-state index in [-0.39, 0.29) is 0 Å². The van der Waals surface area contributed by atoms with Gasteiger partial charge in [0.15, 0.2) is 0 Å². The first kappa shape index (κ1) is 12.9. The number of H-pyrrole nitrogens is 1. The highest BCUT2D eigenvalue weighted by atomic mass is 14.8. The molecule has 0 bridgehead atoms. The fourth-order valence-corrected chi connectivity index (χ4v) is 2.76. The summed E-state index contributed by atoms with van der Waals surface area (Å²) < 4.78 is 0. The number of aromatic nitrogens is 1. The highest BCUT2D eigenvalue weighted by molar-refractivity contribution is 5.89. The van der Waals surface area contributed by atoms with Crippen molar-refractivity contribution >= 4 is 10.9 Å². The number of aromatic amines is 1. The zero-order valence-corrected chi connectivity index (χ0v) is 12.0. The predicted octanol–water partition coefficient (Wildman–Crippen LogP) is 3.91. The van der Waals surface area contributed by atoms with Crippen LogP contribution in [0.3, 0.4) is 0 Å². The Kier molecular flexibility index (Phi) is 3.57. The molecule has 3 aromatic rings. The molecule has 0 saturated carbocycles. The first-order chi connectivity index (χ1) is 9.79. The van der Waals surface area contributed by atoms with Gasteiger partial charge in [-0.05, 0) is 55.8 Å². The number of aryl methyl sites for hydroxylation is 1. The van der Waals surface area contributed by atoms with E-state index < -0.39 is 0 Å². The Morgan fingerprint density at radius 3 is 2.55 bits per heavy atom. The lowest BCUT2D eigenvalue weighted by atomic mass is 10.0. The Labute approximate surface area is 119 Å². The summed E-state index contributed by atoms with van der Waals surface area (Å²) in [6, 6.07) is 17.2. The van der Waals surface area contributed by atoms with E-state index in [0.717, 1.165) is 13.0 Å². The van der Waals surface area contributed by atoms with Gasteiger partial charge in [-0.2, -0.15) is 0 Å². The van der Waals surface area contributed by atoms with Crippen molar-refractivity contribution in [1.82, 2.24) is 10.3 Å². The summed E-state index contributed by atoms with van der Waals surface area (Å²) in [6.07, 6.45) is 1.06. The third-order valence-electron chi connectivity index (χ3n) is 3.85. The normalized spacial score (nSPS) is 11.1. The van der Waals surface area contributed by atoms with Crippen molar-refractivity contribution in [3.8, 4) is 11.1 Å². The van der Waals surface area contributed by atoms with E-state index in [1.54, 1.807) is 0 Å². The molecule has 3 rings (SSSR count). The molecule has 0 radical (unpaired) electrons. The summed E-state index contributed by atoms with van der Waals surface area (Å²) in [5.41, 5.74) is 6.48. The molecular weight excluding hydrogens is 244 g/mol. The van der Waals surface area contributed by atoms with E-state index in [1.807, 2.05) is 7.05 Å². The van der Waals surface area contributed by atoms with E-state index in [9.17, 15) is 0 Å². The van der Waals surface area contributed by atoms with Gasteiger partial charge in [0.05, 0.1) is 0 Å². The first-order valence-electron chi connectivity index (χ1n) is 7.11. The minimum atomic E-state index is 1.00. The number of benzene rings is 2. The zero-order valence-electron chi connectivity index (χ0n) is 12.0. The molecule has 0 saturated heterocycles. The lowest BCUT2D eigenvalue weighted by Gasteiger charge is -2.04. The Bertz CT molecular complexity index is 711. The maximum Gasteiger partial charge on any atom is 0.0459 e. The Morgan fingerprint density at radius 2 is 1.80 bits per heavy atom. The van der Waals surface area contributed by atoms with Crippen LogP contribution in [0, 0.1) is 6.92 Å². The second kappa shape index (κ2) is 5.51. The molecule has 0 aliphatic heterocycles. The maximum atomic E-state index is 3.49. The van der Waals surface area contributed by atoms with Crippen molar-refractivity contribution in [3.05, 3.63) is 59.8 Å². The summed E-state index contributed by atoms with van der Waals surface area (Å²) >= 11 is 0. The van der Waals surface area contributed by atoms with Crippen LogP contribution >= 0.6 is 0 Å². The van der Waals surface area contributed by atoms with Crippen LogP contribution in [-0.4, -0.2) is 18.6 Å². The van der Waals surface area contributed by atoms with Gasteiger partial charge in [-0.3, -0.25) is 0 Å². The predicted molar refractivity (Wildman–Crippen MR) is 86.1 cm³/mol. The number of rotatable bonds is 4. The topological polar surface area (TPSA) is 27.8 Å². The van der Waals surface area contributed by atoms with E-state index in [1.165, 1.54) is 33.3 Å². The second-order valence-corrected chi connectivity index (χ2v) is 5.21. The van der Waals surface area contributed by atoms with Crippen LogP contribution in [-0.2, 0) is 6.42 Å². The van der Waals surface area contributed by atoms with Crippen molar-refractivity contribution in [2.45, 2.75) is 13.3 Å². The minimum absolute atomic E-state index is 1.00. The molecule has 0 fully saturated rings. The summed E-state index contributed by atoms with van der Waals surface area (Å²) in [6.45, 7) is 3.16. The standard InChI is InChI=1S/C18H20N2/c1-13-16(10-11-19-2)17-12-15(8-9-18(17)20-13)14-6-4-3-5-7-14/h3-9,12,19-20H,10-11H2,1-2H3. The van der Waals surface area contributed by atoms with Crippen molar-refractivity contribution in [1.29, 1.82) is 0 Å². The van der Waals surface area contributed by atoms with Gasteiger partial charge in [-0.1, -0.05) is 36.4 Å². The number of likely N-dealkylation sites (N-methyl/N-ethyl adjacent to an activating group) is 1. The van der Waals surface area contributed by atoms with Crippen LogP contribution in [0.25, 0.3) is 22.0 Å². The molecule has 2 nitrogen and oxygen atoms in total. The fourth-order valence-electron chi connectivity index (χ4n) is 2.76. The van der Waals surface area contributed by atoms with E-state index in [4.69, 9.17) is 0 Å². The third kappa shape index (κ3) is 2.35. The molecular formula is C18H20N2. The smallest absolute Gasteiger partial charge is 0.0459 e. The van der Waals surface area contributed by atoms with Crippen LogP contribution < -0.4 is 5.32 Å². The van der Waals surface area contributed by atoms with Gasteiger partial charge < -0.3 is 10.3 Å². The summed E-state index contributed by atoms with van der Waals surface area (Å²) in [4.78, 5) is 3.49. The van der Waals surface area contributed by atoms with Crippen molar-refractivity contribution in [2.75, 3.05) is 13.6 Å². The quantitative estimate of drug-likeness (QED) is 0.734. The van der Waals surface area contributed by atoms with Crippen LogP contribution in [0.4, 0.5) is 0 Å². The maximum absolute atomic E-state index is 3.49. The Morgan fingerprint density at radius 1 is 1.00 bits per heavy atom. The monoisotopic (exact) mass is 264 g/mol. The number of hydrogen-bond donors (Lipinski definition) is 2. The van der Waals surface area contributed by atoms with Gasteiger partial charge in [0.2, 0.25) is 0 Å². The molecule has 0 spiro atoms. The zero-order chi connectivity index (χ0) is 13.9. The SMILES string of the molecule is CNCCc1c(C)[nH]c2ccc(-c3ccccc3)cc12. The average molecular weight is 264 g/mol. The highest BCUT2D eigenvalue weighted by Gasteiger charge is 2.09. The van der Waals surface area contributed by atoms with E-state index in [0.29, 0.717) is 0 Å². The number of hydrogen-bond acceptors (Lipinski definition) is 1. The molecule has 0 aliphatic rings. The lowest BCUT2D eigenvalue weighted by molar-refractivity contribution is 0.791. The van der Waals surface area contributed by atoms with Gasteiger partial charge >= 0.3 is 0 Å². The fraction of sp³-hybridized carbons (Fsp3) is 0.222. The largest absolute Gasteiger partial charge is 0.358 e. The van der Waals surface area contributed by atoms with Gasteiger partial charge in [-0.15, -0.1) is 0 Å². The molecule has 102 valence electrons. The molecule has 1 heterocycles. The van der Waals surface area contributed by atoms with Crippen molar-refractivity contribution in [3.63, 3.8) is 0 Å². The van der Waals surface area contributed by atoms with Gasteiger partial charge in [0.25, 0.3) is 0 Å². The van der Waals surface area contributed by atoms with E-state index >= 15 is 0 Å². The second-order valence-electron chi connectivity index (χ2n) is 5.21. The minimum Gasteiger partial charge on any atom is -0.358 e. The molecule has 2 aromatic carbocycles. The summed E-state index contributed by atoms with van der Waals surface area (Å²) in [5.74, 6) is 0. The average Bonchev–Trinajstić information content (AvgIpc) is 2.80. The van der Waals surface area contributed by atoms with E-state index in [2.05, 4.69) is 65.8 Å². The molecule has 0 unspecified atom stereocenters. The van der Waals surface area contributed by atoms with Crippen LogP contribution in [0.5, 0.6) is 0 Å². The lowest BCUT2D eigenvalue weighted by Crippen LogP contribution is -2.10. The van der Waals surface area contributed by atoms with Crippen LogP contribution in [0.15, 0.2) is 48.5 Å². The molecule has 2 heteroatoms. The molecule has 0 amide bonds. The Hall–Kier alpha value is -2.06. The molecule has 20 heavy (non-hydrogen) atoms.